The largest absolute Gasteiger partial charge is 0.339 e. The fraction of sp³-hybridized carbons (Fsp3) is 0.294. The predicted molar refractivity (Wildman–Crippen MR) is 232 cm³/mol. The Morgan fingerprint density at radius 2 is 0.717 bits per heavy atom. The minimum Gasteiger partial charge on any atom is -0.339 e. The molecule has 0 aliphatic rings. The average Bonchev–Trinajstić information content (AvgIpc) is 3.21. The van der Waals surface area contributed by atoms with Crippen molar-refractivity contribution in [2.75, 3.05) is 9.80 Å². The highest BCUT2D eigenvalue weighted by molar-refractivity contribution is 5.80. The fourth-order valence-corrected chi connectivity index (χ4v) is 7.17. The van der Waals surface area contributed by atoms with Gasteiger partial charge in [0.25, 0.3) is 0 Å². The lowest BCUT2D eigenvalue weighted by Gasteiger charge is -2.31. The third-order valence-corrected chi connectivity index (χ3v) is 10.7. The van der Waals surface area contributed by atoms with Crippen molar-refractivity contribution < 1.29 is 0 Å². The van der Waals surface area contributed by atoms with Crippen LogP contribution in [0.15, 0.2) is 146 Å². The molecular weight excluding hydrogens is 641 g/mol. The van der Waals surface area contributed by atoms with Gasteiger partial charge in [0.15, 0.2) is 0 Å². The van der Waals surface area contributed by atoms with Gasteiger partial charge in [0.2, 0.25) is 0 Å². The molecule has 0 radical (unpaired) electrons. The first-order valence-corrected chi connectivity index (χ1v) is 20.1. The predicted octanol–water partition coefficient (Wildman–Crippen LogP) is 15.2. The van der Waals surface area contributed by atoms with Gasteiger partial charge in [-0.15, -0.1) is 0 Å². The zero-order valence-corrected chi connectivity index (χ0v) is 32.9. The molecule has 0 aliphatic carbocycles. The number of nitrogens with zero attached hydrogens (tertiary/aromatic N) is 2. The topological polar surface area (TPSA) is 6.48 Å². The lowest BCUT2D eigenvalue weighted by Crippen LogP contribution is -2.27. The highest BCUT2D eigenvalue weighted by atomic mass is 15.2. The van der Waals surface area contributed by atoms with Gasteiger partial charge in [-0.1, -0.05) is 132 Å². The van der Waals surface area contributed by atoms with Crippen LogP contribution in [0.1, 0.15) is 96.3 Å². The van der Waals surface area contributed by atoms with Crippen LogP contribution < -0.4 is 9.80 Å². The monoisotopic (exact) mass is 698 g/mol. The number of anilines is 5. The lowest BCUT2D eigenvalue weighted by atomic mass is 9.98. The van der Waals surface area contributed by atoms with Gasteiger partial charge >= 0.3 is 0 Å². The molecule has 6 aromatic rings. The molecule has 2 heteroatoms. The van der Waals surface area contributed by atoms with Gasteiger partial charge in [-0.25, -0.2) is 0 Å². The van der Waals surface area contributed by atoms with E-state index in [9.17, 15) is 0 Å². The van der Waals surface area contributed by atoms with E-state index in [4.69, 9.17) is 0 Å². The average molecular weight is 699 g/mol. The Bertz CT molecular complexity index is 1970. The first-order valence-electron chi connectivity index (χ1n) is 20.1. The molecule has 0 saturated carbocycles. The van der Waals surface area contributed by atoms with Gasteiger partial charge < -0.3 is 9.80 Å². The van der Waals surface area contributed by atoms with Crippen molar-refractivity contribution >= 4 is 28.4 Å². The molecule has 6 rings (SSSR count). The summed E-state index contributed by atoms with van der Waals surface area (Å²) in [5.41, 5.74) is 15.0. The summed E-state index contributed by atoms with van der Waals surface area (Å²) in [6.45, 7) is 13.6. The summed E-state index contributed by atoms with van der Waals surface area (Å²) in [7, 11) is 0. The fourth-order valence-electron chi connectivity index (χ4n) is 7.17. The molecule has 0 aromatic heterocycles. The van der Waals surface area contributed by atoms with Gasteiger partial charge in [-0.05, 0) is 145 Å². The third-order valence-electron chi connectivity index (χ3n) is 10.7. The Kier molecular flexibility index (Phi) is 12.9. The molecule has 1 atom stereocenters. The second kappa shape index (κ2) is 18.1. The van der Waals surface area contributed by atoms with Crippen LogP contribution in [0.5, 0.6) is 0 Å². The van der Waals surface area contributed by atoms with Crippen LogP contribution in [0.4, 0.5) is 28.4 Å². The zero-order chi connectivity index (χ0) is 37.2. The Morgan fingerprint density at radius 1 is 0.396 bits per heavy atom. The van der Waals surface area contributed by atoms with Crippen LogP contribution in [0, 0.1) is 0 Å². The number of rotatable bonds is 16. The van der Waals surface area contributed by atoms with E-state index in [1.165, 1.54) is 81.7 Å². The first-order chi connectivity index (χ1) is 25.9. The van der Waals surface area contributed by atoms with Crippen LogP contribution >= 0.6 is 0 Å². The smallest absolute Gasteiger partial charge is 0.0462 e. The maximum absolute atomic E-state index is 2.48. The Morgan fingerprint density at radius 3 is 1.06 bits per heavy atom. The van der Waals surface area contributed by atoms with E-state index < -0.39 is 0 Å². The van der Waals surface area contributed by atoms with Crippen molar-refractivity contribution in [3.63, 3.8) is 0 Å². The minimum atomic E-state index is 0.396. The molecule has 0 amide bonds. The van der Waals surface area contributed by atoms with Gasteiger partial charge in [-0.2, -0.15) is 0 Å². The molecule has 0 bridgehead atoms. The summed E-state index contributed by atoms with van der Waals surface area (Å²) in [6, 6.07) is 54.9. The second-order valence-corrected chi connectivity index (χ2v) is 14.9. The summed E-state index contributed by atoms with van der Waals surface area (Å²) in [6.07, 6.45) is 8.23. The van der Waals surface area contributed by atoms with E-state index >= 15 is 0 Å². The van der Waals surface area contributed by atoms with Crippen molar-refractivity contribution in [3.05, 3.63) is 162 Å². The van der Waals surface area contributed by atoms with E-state index in [0.717, 1.165) is 30.6 Å². The molecule has 1 unspecified atom stereocenters. The molecular formula is C51H58N2. The molecule has 0 saturated heterocycles. The Balaban J connectivity index is 1.26. The van der Waals surface area contributed by atoms with Crippen molar-refractivity contribution in [1.82, 2.24) is 0 Å². The minimum absolute atomic E-state index is 0.396. The van der Waals surface area contributed by atoms with Crippen LogP contribution in [0.3, 0.4) is 0 Å². The van der Waals surface area contributed by atoms with Crippen LogP contribution in [-0.4, -0.2) is 6.04 Å². The number of hydrogen-bond acceptors (Lipinski definition) is 2. The van der Waals surface area contributed by atoms with Gasteiger partial charge in [-0.3, -0.25) is 0 Å². The Hall–Kier alpha value is -5.08. The van der Waals surface area contributed by atoms with E-state index in [2.05, 4.69) is 197 Å². The molecule has 53 heavy (non-hydrogen) atoms. The van der Waals surface area contributed by atoms with Crippen LogP contribution in [0.2, 0.25) is 0 Å². The summed E-state index contributed by atoms with van der Waals surface area (Å²) in [5.74, 6) is 0.530. The van der Waals surface area contributed by atoms with E-state index in [1.54, 1.807) is 0 Å². The van der Waals surface area contributed by atoms with E-state index in [0.29, 0.717) is 12.0 Å². The number of aryl methyl sites for hydroxylation is 2. The first kappa shape index (κ1) is 37.7. The summed E-state index contributed by atoms with van der Waals surface area (Å²) >= 11 is 0. The van der Waals surface area contributed by atoms with Gasteiger partial charge in [0.05, 0.1) is 0 Å². The zero-order valence-electron chi connectivity index (χ0n) is 32.9. The van der Waals surface area contributed by atoms with E-state index in [1.807, 2.05) is 0 Å². The molecule has 6 aromatic carbocycles. The second-order valence-electron chi connectivity index (χ2n) is 14.9. The SMILES string of the molecule is CCCCc1ccc(N(c2ccc(-c3ccc(C(C)C)cc3)cc2)c2ccc(-c3ccc(N(c4ccc(CCCC)cc4)C(C)CC)cc3)cc2)cc1. The number of hydrogen-bond donors (Lipinski definition) is 0. The lowest BCUT2D eigenvalue weighted by molar-refractivity contribution is 0.688. The molecule has 0 aliphatic heterocycles. The third kappa shape index (κ3) is 9.30. The van der Waals surface area contributed by atoms with Crippen LogP contribution in [-0.2, 0) is 12.8 Å². The summed E-state index contributed by atoms with van der Waals surface area (Å²) < 4.78 is 0. The summed E-state index contributed by atoms with van der Waals surface area (Å²) in [5, 5.41) is 0. The molecule has 0 N–H and O–H groups in total. The highest BCUT2D eigenvalue weighted by Crippen LogP contribution is 2.38. The Labute approximate surface area is 320 Å². The van der Waals surface area contributed by atoms with Crippen molar-refractivity contribution in [3.8, 4) is 22.3 Å². The molecule has 272 valence electrons. The number of unbranched alkanes of at least 4 members (excludes halogenated alkanes) is 2. The maximum Gasteiger partial charge on any atom is 0.0462 e. The normalized spacial score (nSPS) is 11.8. The van der Waals surface area contributed by atoms with Crippen molar-refractivity contribution in [2.45, 2.75) is 98.4 Å². The molecule has 0 fully saturated rings. The van der Waals surface area contributed by atoms with Crippen LogP contribution in [0.25, 0.3) is 22.3 Å². The van der Waals surface area contributed by atoms with Crippen molar-refractivity contribution in [2.24, 2.45) is 0 Å². The maximum atomic E-state index is 2.48. The standard InChI is InChI=1S/C51H58N2/c1-7-10-12-40-14-28-47(29-15-40)52(39(6)9-3)48-32-22-45(23-33-48)46-26-36-51(37-27-46)53(49-30-16-41(17-31-49)13-11-8-2)50-34-24-44(25-35-50)43-20-18-42(19-21-43)38(4)5/h14-39H,7-13H2,1-6H3. The van der Waals surface area contributed by atoms with Crippen molar-refractivity contribution in [1.29, 1.82) is 0 Å². The quantitative estimate of drug-likeness (QED) is 0.0993. The molecule has 0 heterocycles. The van der Waals surface area contributed by atoms with E-state index in [-0.39, 0.29) is 0 Å². The number of benzene rings is 6. The van der Waals surface area contributed by atoms with Gasteiger partial charge in [0.1, 0.15) is 0 Å². The molecule has 0 spiro atoms. The molecule has 2 nitrogen and oxygen atoms in total. The summed E-state index contributed by atoms with van der Waals surface area (Å²) in [4.78, 5) is 4.85. The van der Waals surface area contributed by atoms with Gasteiger partial charge in [0, 0.05) is 34.5 Å². The highest BCUT2D eigenvalue weighted by Gasteiger charge is 2.17.